The van der Waals surface area contributed by atoms with E-state index in [2.05, 4.69) is 5.16 Å². The predicted octanol–water partition coefficient (Wildman–Crippen LogP) is 2.25. The van der Waals surface area contributed by atoms with Gasteiger partial charge in [-0.05, 0) is 25.0 Å². The number of hydrogen-bond acceptors (Lipinski definition) is 4. The summed E-state index contributed by atoms with van der Waals surface area (Å²) >= 11 is 0. The Morgan fingerprint density at radius 2 is 2.19 bits per heavy atom. The van der Waals surface area contributed by atoms with E-state index >= 15 is 0 Å². The lowest BCUT2D eigenvalue weighted by Gasteiger charge is -1.99. The highest BCUT2D eigenvalue weighted by Gasteiger charge is 2.11. The van der Waals surface area contributed by atoms with Crippen molar-refractivity contribution in [1.29, 1.82) is 0 Å². The van der Waals surface area contributed by atoms with Gasteiger partial charge in [0.2, 0.25) is 9.05 Å². The quantitative estimate of drug-likeness (QED) is 0.793. The number of rotatable bonds is 3. The topological polar surface area (TPSA) is 60.2 Å². The lowest BCUT2D eigenvalue weighted by molar-refractivity contribution is 0.448. The third-order valence-electron chi connectivity index (χ3n) is 2.38. The summed E-state index contributed by atoms with van der Waals surface area (Å²) in [5.74, 6) is -0.104. The largest absolute Gasteiger partial charge is 0.356 e. The van der Waals surface area contributed by atoms with Crippen LogP contribution in [0.15, 0.2) is 22.7 Å². The molecule has 1 heterocycles. The molecule has 2 aromatic rings. The fraction of sp³-hybridized carbons (Fsp3) is 0.300. The second kappa shape index (κ2) is 4.07. The summed E-state index contributed by atoms with van der Waals surface area (Å²) in [6, 6.07) is 5.55. The Labute approximate surface area is 97.6 Å². The van der Waals surface area contributed by atoms with Crippen LogP contribution in [0, 0.1) is 6.92 Å². The first-order valence-electron chi connectivity index (χ1n) is 4.73. The molecule has 0 aliphatic rings. The summed E-state index contributed by atoms with van der Waals surface area (Å²) in [6.45, 7) is 1.84. The average Bonchev–Trinajstić information content (AvgIpc) is 2.57. The molecule has 1 aromatic heterocycles. The van der Waals surface area contributed by atoms with E-state index in [0.717, 1.165) is 16.6 Å². The van der Waals surface area contributed by atoms with Crippen LogP contribution in [-0.2, 0) is 15.5 Å². The molecule has 0 radical (unpaired) electrons. The lowest BCUT2D eigenvalue weighted by Crippen LogP contribution is -2.01. The van der Waals surface area contributed by atoms with Gasteiger partial charge in [-0.15, -0.1) is 0 Å². The van der Waals surface area contributed by atoms with Crippen LogP contribution in [0.25, 0.3) is 11.0 Å². The van der Waals surface area contributed by atoms with E-state index in [1.54, 1.807) is 0 Å². The van der Waals surface area contributed by atoms with E-state index in [-0.39, 0.29) is 5.75 Å². The van der Waals surface area contributed by atoms with Crippen LogP contribution >= 0.6 is 10.7 Å². The first kappa shape index (κ1) is 11.4. The molecule has 2 rings (SSSR count). The maximum absolute atomic E-state index is 10.9. The van der Waals surface area contributed by atoms with Crippen molar-refractivity contribution in [3.63, 3.8) is 0 Å². The normalized spacial score (nSPS) is 12.1. The summed E-state index contributed by atoms with van der Waals surface area (Å²) in [4.78, 5) is 0. The maximum Gasteiger partial charge on any atom is 0.232 e. The molecule has 4 nitrogen and oxygen atoms in total. The first-order chi connectivity index (χ1) is 7.47. The summed E-state index contributed by atoms with van der Waals surface area (Å²) in [7, 11) is 1.69. The van der Waals surface area contributed by atoms with Gasteiger partial charge in [0.1, 0.15) is 0 Å². The van der Waals surface area contributed by atoms with Crippen LogP contribution in [-0.4, -0.2) is 19.3 Å². The molecule has 1 aromatic carbocycles. The minimum Gasteiger partial charge on any atom is -0.356 e. The molecular weight excluding hydrogens is 250 g/mol. The molecule has 0 aliphatic carbocycles. The van der Waals surface area contributed by atoms with E-state index in [0.29, 0.717) is 12.0 Å². The van der Waals surface area contributed by atoms with Gasteiger partial charge < -0.3 is 4.52 Å². The Hall–Kier alpha value is -1.07. The van der Waals surface area contributed by atoms with Gasteiger partial charge in [-0.25, -0.2) is 8.42 Å². The van der Waals surface area contributed by atoms with E-state index in [4.69, 9.17) is 15.2 Å². The monoisotopic (exact) mass is 259 g/mol. The molecule has 86 valence electrons. The van der Waals surface area contributed by atoms with E-state index in [1.165, 1.54) is 0 Å². The van der Waals surface area contributed by atoms with Crippen molar-refractivity contribution >= 4 is 30.7 Å². The number of aryl methyl sites for hydroxylation is 2. The zero-order chi connectivity index (χ0) is 11.8. The van der Waals surface area contributed by atoms with Crippen LogP contribution in [0.1, 0.15) is 11.3 Å². The smallest absolute Gasteiger partial charge is 0.232 e. The lowest BCUT2D eigenvalue weighted by atomic mass is 10.1. The molecule has 0 fully saturated rings. The van der Waals surface area contributed by atoms with Crippen molar-refractivity contribution in [3.8, 4) is 0 Å². The molecule has 0 atom stereocenters. The van der Waals surface area contributed by atoms with Gasteiger partial charge in [0.05, 0.1) is 11.4 Å². The molecule has 0 aliphatic heterocycles. The summed E-state index contributed by atoms with van der Waals surface area (Å²) in [5, 5.41) is 4.75. The molecule has 0 saturated heterocycles. The third-order valence-corrected chi connectivity index (χ3v) is 3.53. The number of aromatic nitrogens is 1. The van der Waals surface area contributed by atoms with Crippen molar-refractivity contribution in [2.45, 2.75) is 13.3 Å². The Kier molecular flexibility index (Phi) is 2.90. The van der Waals surface area contributed by atoms with E-state index < -0.39 is 9.05 Å². The highest BCUT2D eigenvalue weighted by atomic mass is 35.7. The minimum atomic E-state index is -3.47. The third kappa shape index (κ3) is 2.36. The van der Waals surface area contributed by atoms with Gasteiger partial charge in [0, 0.05) is 16.1 Å². The molecule has 6 heteroatoms. The summed E-state index contributed by atoms with van der Waals surface area (Å²) in [6.07, 6.45) is 0.331. The zero-order valence-electron chi connectivity index (χ0n) is 8.60. The first-order valence-corrected chi connectivity index (χ1v) is 7.21. The second-order valence-electron chi connectivity index (χ2n) is 3.55. The number of fused-ring (bicyclic) bond motifs is 1. The number of hydrogen-bond donors (Lipinski definition) is 0. The number of nitrogens with zero attached hydrogens (tertiary/aromatic N) is 1. The van der Waals surface area contributed by atoms with Crippen molar-refractivity contribution in [2.24, 2.45) is 0 Å². The predicted molar refractivity (Wildman–Crippen MR) is 62.1 cm³/mol. The average molecular weight is 260 g/mol. The fourth-order valence-electron chi connectivity index (χ4n) is 1.57. The molecule has 0 saturated carbocycles. The summed E-state index contributed by atoms with van der Waals surface area (Å²) in [5.41, 5.74) is 2.24. The minimum absolute atomic E-state index is 0.104. The Bertz CT molecular complexity index is 618. The van der Waals surface area contributed by atoms with Gasteiger partial charge in [-0.3, -0.25) is 0 Å². The van der Waals surface area contributed by atoms with E-state index in [9.17, 15) is 8.42 Å². The van der Waals surface area contributed by atoms with Gasteiger partial charge >= 0.3 is 0 Å². The van der Waals surface area contributed by atoms with Crippen LogP contribution in [0.2, 0.25) is 0 Å². The molecule has 0 N–H and O–H groups in total. The second-order valence-corrected chi connectivity index (χ2v) is 6.45. The number of halogens is 1. The van der Waals surface area contributed by atoms with Crippen molar-refractivity contribution in [2.75, 3.05) is 5.75 Å². The van der Waals surface area contributed by atoms with Crippen LogP contribution in [0.4, 0.5) is 0 Å². The molecule has 16 heavy (non-hydrogen) atoms. The van der Waals surface area contributed by atoms with Gasteiger partial charge in [0.25, 0.3) is 0 Å². The number of benzene rings is 1. The van der Waals surface area contributed by atoms with Gasteiger partial charge in [-0.2, -0.15) is 0 Å². The van der Waals surface area contributed by atoms with Gasteiger partial charge in [0.15, 0.2) is 5.58 Å². The highest BCUT2D eigenvalue weighted by molar-refractivity contribution is 8.13. The van der Waals surface area contributed by atoms with Crippen LogP contribution in [0.5, 0.6) is 0 Å². The summed E-state index contributed by atoms with van der Waals surface area (Å²) < 4.78 is 26.9. The molecule has 0 unspecified atom stereocenters. The maximum atomic E-state index is 10.9. The van der Waals surface area contributed by atoms with Crippen LogP contribution < -0.4 is 0 Å². The SMILES string of the molecule is Cc1noc2c(CCS(=O)(=O)Cl)cccc12. The Balaban J connectivity index is 2.38. The molecule has 0 amide bonds. The molecule has 0 spiro atoms. The number of para-hydroxylation sites is 1. The standard InChI is InChI=1S/C10H10ClNO3S/c1-7-9-4-2-3-8(10(9)15-12-7)5-6-16(11,13)14/h2-4H,5-6H2,1H3. The van der Waals surface area contributed by atoms with Gasteiger partial charge in [-0.1, -0.05) is 17.3 Å². The Morgan fingerprint density at radius 3 is 2.88 bits per heavy atom. The molecule has 0 bridgehead atoms. The van der Waals surface area contributed by atoms with Crippen LogP contribution in [0.3, 0.4) is 0 Å². The zero-order valence-corrected chi connectivity index (χ0v) is 10.2. The van der Waals surface area contributed by atoms with E-state index in [1.807, 2.05) is 25.1 Å². The van der Waals surface area contributed by atoms with Crippen molar-refractivity contribution in [3.05, 3.63) is 29.5 Å². The molecular formula is C10H10ClNO3S. The van der Waals surface area contributed by atoms with Crippen molar-refractivity contribution < 1.29 is 12.9 Å². The fourth-order valence-corrected chi connectivity index (χ4v) is 2.26. The van der Waals surface area contributed by atoms with Crippen molar-refractivity contribution in [1.82, 2.24) is 5.16 Å². The highest BCUT2D eigenvalue weighted by Crippen LogP contribution is 2.22. The Morgan fingerprint density at radius 1 is 1.44 bits per heavy atom.